The smallest absolute Gasteiger partial charge is 0.191 e. The molecular weight excluding hydrogens is 464 g/mol. The minimum Gasteiger partial charge on any atom is -0.465 e. The Hall–Kier alpha value is -1.87. The summed E-state index contributed by atoms with van der Waals surface area (Å²) in [6.07, 6.45) is -1.58. The van der Waals surface area contributed by atoms with Crippen LogP contribution in [0, 0.1) is 50.4 Å². The summed E-state index contributed by atoms with van der Waals surface area (Å²) in [7, 11) is 0. The number of carbonyl (C=O) groups excluding carboxylic acids is 2. The van der Waals surface area contributed by atoms with Crippen LogP contribution in [0.5, 0.6) is 0 Å². The third-order valence-corrected chi connectivity index (χ3v) is 9.13. The van der Waals surface area contributed by atoms with Crippen LogP contribution in [-0.4, -0.2) is 45.6 Å². The van der Waals surface area contributed by atoms with Gasteiger partial charge in [0, 0.05) is 41.2 Å². The van der Waals surface area contributed by atoms with Gasteiger partial charge in [0.2, 0.25) is 0 Å². The Bertz CT molecular complexity index is 1090. The second-order valence-corrected chi connectivity index (χ2v) is 11.1. The first-order chi connectivity index (χ1) is 16.6. The average Bonchev–Trinajstić information content (AvgIpc) is 2.86. The van der Waals surface area contributed by atoms with Crippen LogP contribution >= 0.6 is 0 Å². The summed E-state index contributed by atoms with van der Waals surface area (Å²) in [5.41, 5.74) is 0.647. The molecule has 0 radical (unpaired) electrons. The predicted octanol–water partition coefficient (Wildman–Crippen LogP) is 3.57. The van der Waals surface area contributed by atoms with Crippen LogP contribution in [0.25, 0.3) is 0 Å². The summed E-state index contributed by atoms with van der Waals surface area (Å²) in [5.74, 6) is -7.56. The highest BCUT2D eigenvalue weighted by Crippen LogP contribution is 2.54. The molecule has 0 saturated carbocycles. The zero-order valence-corrected chi connectivity index (χ0v) is 23.2. The molecule has 8 nitrogen and oxygen atoms in total. The number of ether oxygens (including phenoxy) is 2. The molecule has 2 fully saturated rings. The van der Waals surface area contributed by atoms with Gasteiger partial charge >= 0.3 is 0 Å². The molecule has 3 heterocycles. The molecule has 3 rings (SSSR count). The van der Waals surface area contributed by atoms with E-state index in [-0.39, 0.29) is 22.8 Å². The zero-order valence-electron chi connectivity index (χ0n) is 23.2. The lowest BCUT2D eigenvalue weighted by Gasteiger charge is -2.60. The monoisotopic (exact) mass is 506 g/mol. The molecule has 8 heteroatoms. The van der Waals surface area contributed by atoms with Crippen molar-refractivity contribution >= 4 is 11.6 Å². The summed E-state index contributed by atoms with van der Waals surface area (Å²) < 4.78 is 19.0. The number of hydrogen-bond acceptors (Lipinski definition) is 8. The molecule has 1 spiro atoms. The average molecular weight is 507 g/mol. The lowest BCUT2D eigenvalue weighted by atomic mass is 9.67. The van der Waals surface area contributed by atoms with Gasteiger partial charge in [-0.3, -0.25) is 14.4 Å². The van der Waals surface area contributed by atoms with Crippen LogP contribution in [0.15, 0.2) is 9.21 Å². The van der Waals surface area contributed by atoms with E-state index in [0.717, 1.165) is 0 Å². The minimum absolute atomic E-state index is 0.0436. The van der Waals surface area contributed by atoms with Crippen molar-refractivity contribution in [3.05, 3.63) is 32.9 Å². The van der Waals surface area contributed by atoms with Gasteiger partial charge in [0.15, 0.2) is 17.0 Å². The summed E-state index contributed by atoms with van der Waals surface area (Å²) in [5, 5.41) is 23.5. The first-order valence-electron chi connectivity index (χ1n) is 13.0. The molecule has 1 aromatic heterocycles. The van der Waals surface area contributed by atoms with E-state index < -0.39 is 59.3 Å². The van der Waals surface area contributed by atoms with E-state index in [2.05, 4.69) is 0 Å². The molecule has 202 valence electrons. The van der Waals surface area contributed by atoms with Crippen LogP contribution in [0.2, 0.25) is 0 Å². The number of aliphatic hydroxyl groups is 2. The molecule has 36 heavy (non-hydrogen) atoms. The van der Waals surface area contributed by atoms with Crippen molar-refractivity contribution in [3.8, 4) is 0 Å². The van der Waals surface area contributed by atoms with E-state index in [9.17, 15) is 24.6 Å². The SMILES string of the molecule is CCC(=O)C(C)C1OC2(OC(O)(C(C)c3oc(C)c(C)c(=O)c3C)C(C)C(O)C2C)C(C)C(=O)C1C. The minimum atomic E-state index is -2.04. The van der Waals surface area contributed by atoms with Crippen LogP contribution in [0.3, 0.4) is 0 Å². The maximum Gasteiger partial charge on any atom is 0.191 e. The van der Waals surface area contributed by atoms with Gasteiger partial charge in [0.25, 0.3) is 0 Å². The van der Waals surface area contributed by atoms with Crippen molar-refractivity contribution in [1.82, 2.24) is 0 Å². The third-order valence-electron chi connectivity index (χ3n) is 9.13. The number of aliphatic hydroxyl groups excluding tert-OH is 1. The number of rotatable bonds is 5. The number of hydrogen-bond donors (Lipinski definition) is 2. The second-order valence-electron chi connectivity index (χ2n) is 11.1. The van der Waals surface area contributed by atoms with Gasteiger partial charge < -0.3 is 24.1 Å². The van der Waals surface area contributed by atoms with Gasteiger partial charge in [-0.1, -0.05) is 48.5 Å². The van der Waals surface area contributed by atoms with Crippen LogP contribution < -0.4 is 5.43 Å². The van der Waals surface area contributed by atoms with Gasteiger partial charge in [-0.15, -0.1) is 0 Å². The van der Waals surface area contributed by atoms with Crippen molar-refractivity contribution in [3.63, 3.8) is 0 Å². The summed E-state index contributed by atoms with van der Waals surface area (Å²) in [4.78, 5) is 38.9. The number of aryl methyl sites for hydroxylation is 1. The number of Topliss-reactive ketones (excluding diaryl/α,β-unsaturated/α-hetero) is 2. The lowest BCUT2D eigenvalue weighted by Crippen LogP contribution is -2.72. The summed E-state index contributed by atoms with van der Waals surface area (Å²) in [6, 6.07) is 0. The van der Waals surface area contributed by atoms with Gasteiger partial charge in [-0.25, -0.2) is 0 Å². The fraction of sp³-hybridized carbons (Fsp3) is 0.750. The Kier molecular flexibility index (Phi) is 7.80. The van der Waals surface area contributed by atoms with Crippen molar-refractivity contribution in [2.45, 2.75) is 105 Å². The fourth-order valence-corrected chi connectivity index (χ4v) is 6.14. The van der Waals surface area contributed by atoms with E-state index in [1.165, 1.54) is 0 Å². The van der Waals surface area contributed by atoms with Gasteiger partial charge in [0.1, 0.15) is 23.1 Å². The van der Waals surface area contributed by atoms with Crippen LogP contribution in [-0.2, 0) is 19.1 Å². The molecule has 0 aliphatic carbocycles. The van der Waals surface area contributed by atoms with Gasteiger partial charge in [-0.2, -0.15) is 0 Å². The maximum absolute atomic E-state index is 13.5. The molecule has 2 aliphatic heterocycles. The van der Waals surface area contributed by atoms with E-state index >= 15 is 0 Å². The van der Waals surface area contributed by atoms with Crippen LogP contribution in [0.4, 0.5) is 0 Å². The summed E-state index contributed by atoms with van der Waals surface area (Å²) in [6.45, 7) is 17.0. The highest BCUT2D eigenvalue weighted by atomic mass is 16.8. The van der Waals surface area contributed by atoms with Gasteiger partial charge in [0.05, 0.1) is 24.0 Å². The Morgan fingerprint density at radius 2 is 1.61 bits per heavy atom. The first-order valence-corrected chi connectivity index (χ1v) is 13.0. The van der Waals surface area contributed by atoms with Crippen LogP contribution in [0.1, 0.15) is 83.5 Å². The molecule has 0 bridgehead atoms. The Morgan fingerprint density at radius 3 is 2.17 bits per heavy atom. The molecule has 2 saturated heterocycles. The Balaban J connectivity index is 2.15. The zero-order chi connectivity index (χ0) is 27.5. The normalized spacial score (nSPS) is 38.7. The molecule has 2 N–H and O–H groups in total. The molecule has 1 aromatic rings. The molecule has 0 amide bonds. The van der Waals surface area contributed by atoms with Crippen molar-refractivity contribution in [1.29, 1.82) is 0 Å². The first kappa shape index (κ1) is 28.7. The fourth-order valence-electron chi connectivity index (χ4n) is 6.14. The quantitative estimate of drug-likeness (QED) is 0.621. The predicted molar refractivity (Wildman–Crippen MR) is 133 cm³/mol. The van der Waals surface area contributed by atoms with Crippen molar-refractivity contribution in [2.75, 3.05) is 0 Å². The highest BCUT2D eigenvalue weighted by Gasteiger charge is 2.66. The topological polar surface area (TPSA) is 123 Å². The Morgan fingerprint density at radius 1 is 1.03 bits per heavy atom. The van der Waals surface area contributed by atoms with E-state index in [1.54, 1.807) is 69.2 Å². The molecule has 10 unspecified atom stereocenters. The number of carbonyl (C=O) groups is 2. The largest absolute Gasteiger partial charge is 0.465 e. The van der Waals surface area contributed by atoms with Gasteiger partial charge in [-0.05, 0) is 20.8 Å². The van der Waals surface area contributed by atoms with E-state index in [4.69, 9.17) is 13.9 Å². The number of ketones is 2. The lowest BCUT2D eigenvalue weighted by molar-refractivity contribution is -0.449. The molecule has 2 aliphatic rings. The Labute approximate surface area is 213 Å². The van der Waals surface area contributed by atoms with Crippen molar-refractivity contribution in [2.24, 2.45) is 29.6 Å². The third kappa shape index (κ3) is 4.10. The molecule has 10 atom stereocenters. The summed E-state index contributed by atoms with van der Waals surface area (Å²) >= 11 is 0. The molecular formula is C28H42O8. The van der Waals surface area contributed by atoms with E-state index in [0.29, 0.717) is 23.3 Å². The van der Waals surface area contributed by atoms with E-state index in [1.807, 2.05) is 0 Å². The standard InChI is InChI=1S/C28H42O8/c1-11-21(29)13(3)25-15(5)23(31)17(7)28(35-25)18(8)24(32)16(6)27(33,36-28)19(9)26-14(4)22(30)12(2)20(10)34-26/h13,15-19,24-25,32-33H,11H2,1-10H3. The second kappa shape index (κ2) is 9.78. The highest BCUT2D eigenvalue weighted by molar-refractivity contribution is 5.87. The molecule has 0 aromatic carbocycles. The maximum atomic E-state index is 13.5. The van der Waals surface area contributed by atoms with Crippen molar-refractivity contribution < 1.29 is 33.7 Å².